The highest BCUT2D eigenvalue weighted by molar-refractivity contribution is 6.15. The summed E-state index contributed by atoms with van der Waals surface area (Å²) in [5.74, 6) is 4.31. The summed E-state index contributed by atoms with van der Waals surface area (Å²) in [4.78, 5) is 10.4. The van der Waals surface area contributed by atoms with Crippen LogP contribution in [0.4, 0.5) is 0 Å². The van der Waals surface area contributed by atoms with Crippen molar-refractivity contribution >= 4 is 11.7 Å². The van der Waals surface area contributed by atoms with E-state index in [1.165, 1.54) is 16.7 Å². The van der Waals surface area contributed by atoms with Gasteiger partial charge in [0.25, 0.3) is 0 Å². The van der Waals surface area contributed by atoms with E-state index in [9.17, 15) is 0 Å². The van der Waals surface area contributed by atoms with Crippen molar-refractivity contribution in [1.82, 2.24) is 5.32 Å². The molecule has 0 aromatic heterocycles. The number of nitrogens with one attached hydrogen (secondary N) is 1. The van der Waals surface area contributed by atoms with E-state index in [1.54, 1.807) is 0 Å². The zero-order valence-corrected chi connectivity index (χ0v) is 29.4. The summed E-state index contributed by atoms with van der Waals surface area (Å²) < 4.78 is 13.5. The third kappa shape index (κ3) is 5.15. The van der Waals surface area contributed by atoms with Crippen LogP contribution < -0.4 is 14.8 Å². The van der Waals surface area contributed by atoms with E-state index < -0.39 is 0 Å². The Bertz CT molecular complexity index is 2620. The molecule has 0 fully saturated rings. The molecule has 0 radical (unpaired) electrons. The normalized spacial score (nSPS) is 16.0. The Balaban J connectivity index is 1.06. The largest absolute Gasteiger partial charge is 0.449 e. The van der Waals surface area contributed by atoms with Crippen LogP contribution >= 0.6 is 0 Å². The van der Waals surface area contributed by atoms with Gasteiger partial charge in [-0.1, -0.05) is 159 Å². The molecular formula is C48H35N3O2. The van der Waals surface area contributed by atoms with Gasteiger partial charge in [-0.05, 0) is 57.1 Å². The van der Waals surface area contributed by atoms with E-state index in [-0.39, 0.29) is 11.6 Å². The van der Waals surface area contributed by atoms with Gasteiger partial charge in [-0.15, -0.1) is 0 Å². The molecule has 5 nitrogen and oxygen atoms in total. The average molecular weight is 686 g/mol. The van der Waals surface area contributed by atoms with E-state index in [0.717, 1.165) is 61.8 Å². The van der Waals surface area contributed by atoms with E-state index in [2.05, 4.69) is 134 Å². The highest BCUT2D eigenvalue weighted by Crippen LogP contribution is 2.59. The summed E-state index contributed by atoms with van der Waals surface area (Å²) in [6.45, 7) is 4.55. The second-order valence-corrected chi connectivity index (χ2v) is 14.2. The fourth-order valence-electron chi connectivity index (χ4n) is 7.98. The smallest absolute Gasteiger partial charge is 0.178 e. The fourth-order valence-corrected chi connectivity index (χ4v) is 7.98. The van der Waals surface area contributed by atoms with Crippen molar-refractivity contribution in [3.05, 3.63) is 192 Å². The third-order valence-electron chi connectivity index (χ3n) is 10.6. The van der Waals surface area contributed by atoms with Crippen LogP contribution in [0.3, 0.4) is 0 Å². The second-order valence-electron chi connectivity index (χ2n) is 14.2. The minimum Gasteiger partial charge on any atom is -0.449 e. The Morgan fingerprint density at radius 3 is 1.98 bits per heavy atom. The maximum atomic E-state index is 6.96. The van der Waals surface area contributed by atoms with Crippen LogP contribution in [0.2, 0.25) is 0 Å². The zero-order chi connectivity index (χ0) is 35.5. The lowest BCUT2D eigenvalue weighted by Crippen LogP contribution is -2.33. The summed E-state index contributed by atoms with van der Waals surface area (Å²) in [5, 5.41) is 3.65. The molecule has 1 unspecified atom stereocenters. The first-order valence-corrected chi connectivity index (χ1v) is 18.0. The topological polar surface area (TPSA) is 55.2 Å². The molecule has 5 heteroatoms. The van der Waals surface area contributed by atoms with Crippen LogP contribution in [0.5, 0.6) is 23.0 Å². The number of rotatable bonds is 5. The van der Waals surface area contributed by atoms with Crippen LogP contribution in [0.1, 0.15) is 47.8 Å². The highest BCUT2D eigenvalue weighted by atomic mass is 16.6. The van der Waals surface area contributed by atoms with Crippen LogP contribution in [-0.4, -0.2) is 11.7 Å². The Morgan fingerprint density at radius 2 is 1.15 bits per heavy atom. The minimum atomic E-state index is -0.321. The lowest BCUT2D eigenvalue weighted by molar-refractivity contribution is 0.361. The van der Waals surface area contributed by atoms with Gasteiger partial charge in [-0.2, -0.15) is 0 Å². The first-order valence-electron chi connectivity index (χ1n) is 18.0. The van der Waals surface area contributed by atoms with Crippen LogP contribution in [0, 0.1) is 0 Å². The van der Waals surface area contributed by atoms with Gasteiger partial charge in [0.05, 0.1) is 0 Å². The van der Waals surface area contributed by atoms with Gasteiger partial charge in [0.1, 0.15) is 12.0 Å². The SMILES string of the molecule is CC1(C)c2ccccc2-c2c1ccc1c2Oc2c(cccc2-c2cccc(C3=NC(c4ccccc4-c4ccccc4)=NC(c4ccccc4)N3)c2)O1. The second kappa shape index (κ2) is 12.2. The molecule has 10 rings (SSSR count). The van der Waals surface area contributed by atoms with E-state index in [4.69, 9.17) is 19.5 Å². The number of fused-ring (bicyclic) bond motifs is 6. The van der Waals surface area contributed by atoms with Gasteiger partial charge in [0, 0.05) is 27.7 Å². The standard InChI is InChI=1S/C48H35N3O2/c1-48(2)38-25-12-11-23-37(38)42-39(48)27-28-41-44(42)53-43-35(24-14-26-40(43)52-41)32-19-13-20-33(29-32)46-49-45(31-17-7-4-8-18-31)50-47(51-46)36-22-10-9-21-34(36)30-15-5-3-6-16-30/h3-29,45H,1-2H3,(H,49,50,51). The van der Waals surface area contributed by atoms with E-state index in [1.807, 2.05) is 48.5 Å². The maximum Gasteiger partial charge on any atom is 0.178 e. The average Bonchev–Trinajstić information content (AvgIpc) is 3.46. The van der Waals surface area contributed by atoms with E-state index in [0.29, 0.717) is 17.3 Å². The molecule has 0 bridgehead atoms. The Labute approximate surface area is 309 Å². The molecule has 7 aromatic carbocycles. The molecule has 0 amide bonds. The number of hydrogen-bond acceptors (Lipinski definition) is 5. The summed E-state index contributed by atoms with van der Waals surface area (Å²) in [7, 11) is 0. The monoisotopic (exact) mass is 685 g/mol. The van der Waals surface area contributed by atoms with Crippen molar-refractivity contribution < 1.29 is 9.47 Å². The number of hydrogen-bond donors (Lipinski definition) is 1. The number of ether oxygens (including phenoxy) is 2. The molecular weight excluding hydrogens is 651 g/mol. The summed E-state index contributed by atoms with van der Waals surface area (Å²) in [5.41, 5.74) is 11.8. The van der Waals surface area contributed by atoms with Crippen molar-refractivity contribution in [2.75, 3.05) is 0 Å². The van der Waals surface area contributed by atoms with Crippen molar-refractivity contribution in [2.45, 2.75) is 25.4 Å². The molecule has 2 aliphatic heterocycles. The summed E-state index contributed by atoms with van der Waals surface area (Å²) >= 11 is 0. The number of para-hydroxylation sites is 1. The number of amidine groups is 2. The fraction of sp³-hybridized carbons (Fsp3) is 0.0833. The number of aliphatic imine (C=N–C) groups is 2. The first-order chi connectivity index (χ1) is 26.0. The molecule has 53 heavy (non-hydrogen) atoms. The molecule has 2 heterocycles. The van der Waals surface area contributed by atoms with Gasteiger partial charge in [0.15, 0.2) is 28.8 Å². The molecule has 1 aliphatic carbocycles. The predicted octanol–water partition coefficient (Wildman–Crippen LogP) is 11.7. The highest BCUT2D eigenvalue weighted by Gasteiger charge is 2.40. The molecule has 0 saturated heterocycles. The van der Waals surface area contributed by atoms with Crippen molar-refractivity contribution in [1.29, 1.82) is 0 Å². The number of benzene rings is 7. The van der Waals surface area contributed by atoms with Crippen LogP contribution in [0.25, 0.3) is 33.4 Å². The van der Waals surface area contributed by atoms with Gasteiger partial charge in [-0.3, -0.25) is 0 Å². The molecule has 0 spiro atoms. The number of nitrogens with zero attached hydrogens (tertiary/aromatic N) is 2. The molecule has 254 valence electrons. The summed E-state index contributed by atoms with van der Waals surface area (Å²) in [6, 6.07) is 56.5. The van der Waals surface area contributed by atoms with Gasteiger partial charge in [-0.25, -0.2) is 9.98 Å². The Hall–Kier alpha value is -6.72. The quantitative estimate of drug-likeness (QED) is 0.196. The minimum absolute atomic E-state index is 0.145. The van der Waals surface area contributed by atoms with Gasteiger partial charge >= 0.3 is 0 Å². The maximum absolute atomic E-state index is 6.96. The van der Waals surface area contributed by atoms with Crippen LogP contribution in [-0.2, 0) is 5.41 Å². The first kappa shape index (κ1) is 31.1. The van der Waals surface area contributed by atoms with Crippen LogP contribution in [0.15, 0.2) is 174 Å². The van der Waals surface area contributed by atoms with Gasteiger partial charge in [0.2, 0.25) is 0 Å². The zero-order valence-electron chi connectivity index (χ0n) is 29.4. The Kier molecular flexibility index (Phi) is 7.15. The molecule has 3 aliphatic rings. The van der Waals surface area contributed by atoms with Crippen molar-refractivity contribution in [2.24, 2.45) is 9.98 Å². The molecule has 1 N–H and O–H groups in total. The van der Waals surface area contributed by atoms with E-state index >= 15 is 0 Å². The predicted molar refractivity (Wildman–Crippen MR) is 213 cm³/mol. The lowest BCUT2D eigenvalue weighted by atomic mass is 9.82. The molecule has 1 atom stereocenters. The Morgan fingerprint density at radius 1 is 0.509 bits per heavy atom. The van der Waals surface area contributed by atoms with Crippen molar-refractivity contribution in [3.8, 4) is 56.4 Å². The lowest BCUT2D eigenvalue weighted by Gasteiger charge is -2.27. The van der Waals surface area contributed by atoms with Crippen molar-refractivity contribution in [3.63, 3.8) is 0 Å². The van der Waals surface area contributed by atoms with Gasteiger partial charge < -0.3 is 14.8 Å². The third-order valence-corrected chi connectivity index (χ3v) is 10.6. The molecule has 0 saturated carbocycles. The summed E-state index contributed by atoms with van der Waals surface area (Å²) in [6.07, 6.45) is -0.321. The molecule has 7 aromatic rings.